The standard InChI is InChI=1S/C15H14F3N3O4S/c1-21-12(19-13(20-21)9-5-6-9)8-25-14(22)10-3-2-4-11(7-10)26(23,24)15(16,17)18/h2-4,7,9H,5-6,8H2,1H3. The summed E-state index contributed by atoms with van der Waals surface area (Å²) in [4.78, 5) is 15.3. The van der Waals surface area contributed by atoms with Crippen LogP contribution in [0.25, 0.3) is 0 Å². The van der Waals surface area contributed by atoms with Crippen LogP contribution in [0.2, 0.25) is 0 Å². The van der Waals surface area contributed by atoms with Crippen LogP contribution in [0.3, 0.4) is 0 Å². The van der Waals surface area contributed by atoms with Gasteiger partial charge in [0, 0.05) is 13.0 Å². The van der Waals surface area contributed by atoms with Crippen LogP contribution in [-0.4, -0.2) is 34.7 Å². The summed E-state index contributed by atoms with van der Waals surface area (Å²) >= 11 is 0. The van der Waals surface area contributed by atoms with E-state index in [1.807, 2.05) is 0 Å². The Bertz CT molecular complexity index is 949. The fourth-order valence-corrected chi connectivity index (χ4v) is 3.02. The van der Waals surface area contributed by atoms with Crippen molar-refractivity contribution < 1.29 is 31.1 Å². The Labute approximate surface area is 146 Å². The molecule has 26 heavy (non-hydrogen) atoms. The zero-order valence-electron chi connectivity index (χ0n) is 13.5. The van der Waals surface area contributed by atoms with Crippen LogP contribution >= 0.6 is 0 Å². The number of halogens is 3. The van der Waals surface area contributed by atoms with E-state index in [-0.39, 0.29) is 12.2 Å². The molecule has 1 aromatic heterocycles. The summed E-state index contributed by atoms with van der Waals surface area (Å²) in [5.41, 5.74) is -5.76. The fourth-order valence-electron chi connectivity index (χ4n) is 2.22. The molecule has 7 nitrogen and oxygen atoms in total. The lowest BCUT2D eigenvalue weighted by atomic mass is 10.2. The molecule has 0 aliphatic heterocycles. The number of nitrogens with zero attached hydrogens (tertiary/aromatic N) is 3. The molecule has 0 radical (unpaired) electrons. The van der Waals surface area contributed by atoms with Gasteiger partial charge >= 0.3 is 11.5 Å². The molecule has 1 saturated carbocycles. The van der Waals surface area contributed by atoms with E-state index in [4.69, 9.17) is 4.74 Å². The number of esters is 1. The van der Waals surface area contributed by atoms with Crippen LogP contribution in [-0.2, 0) is 28.2 Å². The molecule has 0 unspecified atom stereocenters. The van der Waals surface area contributed by atoms with Gasteiger partial charge in [-0.2, -0.15) is 18.3 Å². The van der Waals surface area contributed by atoms with E-state index >= 15 is 0 Å². The van der Waals surface area contributed by atoms with E-state index in [9.17, 15) is 26.4 Å². The Morgan fingerprint density at radius 2 is 2.04 bits per heavy atom. The smallest absolute Gasteiger partial charge is 0.454 e. The van der Waals surface area contributed by atoms with Crippen molar-refractivity contribution in [1.29, 1.82) is 0 Å². The highest BCUT2D eigenvalue weighted by Crippen LogP contribution is 2.38. The third kappa shape index (κ3) is 3.57. The van der Waals surface area contributed by atoms with E-state index in [0.717, 1.165) is 25.0 Å². The van der Waals surface area contributed by atoms with E-state index < -0.39 is 26.2 Å². The molecule has 1 aliphatic rings. The molecule has 1 fully saturated rings. The summed E-state index contributed by atoms with van der Waals surface area (Å²) in [7, 11) is -3.90. The number of benzene rings is 1. The fraction of sp³-hybridized carbons (Fsp3) is 0.400. The number of rotatable bonds is 5. The van der Waals surface area contributed by atoms with Crippen molar-refractivity contribution in [3.8, 4) is 0 Å². The normalized spacial score (nSPS) is 15.1. The highest BCUT2D eigenvalue weighted by atomic mass is 32.2. The zero-order valence-corrected chi connectivity index (χ0v) is 14.3. The molecule has 2 aromatic rings. The molecule has 0 atom stereocenters. The molecule has 0 bridgehead atoms. The lowest BCUT2D eigenvalue weighted by Gasteiger charge is -2.09. The number of carbonyl (C=O) groups excluding carboxylic acids is 1. The predicted molar refractivity (Wildman–Crippen MR) is 81.8 cm³/mol. The molecule has 0 saturated heterocycles. The first kappa shape index (κ1) is 18.4. The molecule has 11 heteroatoms. The minimum Gasteiger partial charge on any atom is -0.454 e. The van der Waals surface area contributed by atoms with Gasteiger partial charge in [0.2, 0.25) is 0 Å². The van der Waals surface area contributed by atoms with Gasteiger partial charge in [0.1, 0.15) is 0 Å². The zero-order chi connectivity index (χ0) is 19.1. The number of aromatic nitrogens is 3. The first-order valence-electron chi connectivity index (χ1n) is 7.58. The molecule has 140 valence electrons. The number of hydrogen-bond acceptors (Lipinski definition) is 6. The van der Waals surface area contributed by atoms with Crippen molar-refractivity contribution in [2.45, 2.75) is 35.8 Å². The van der Waals surface area contributed by atoms with E-state index in [1.165, 1.54) is 10.7 Å². The Hall–Kier alpha value is -2.43. The van der Waals surface area contributed by atoms with E-state index in [1.54, 1.807) is 7.05 Å². The largest absolute Gasteiger partial charge is 0.501 e. The quantitative estimate of drug-likeness (QED) is 0.729. The third-order valence-corrected chi connectivity index (χ3v) is 5.31. The van der Waals surface area contributed by atoms with Crippen LogP contribution in [0.1, 0.15) is 40.8 Å². The minimum absolute atomic E-state index is 0.231. The maximum Gasteiger partial charge on any atom is 0.501 e. The average molecular weight is 389 g/mol. The Morgan fingerprint density at radius 3 is 2.65 bits per heavy atom. The van der Waals surface area contributed by atoms with Gasteiger partial charge in [0.25, 0.3) is 9.84 Å². The van der Waals surface area contributed by atoms with Gasteiger partial charge in [0.05, 0.1) is 10.5 Å². The Morgan fingerprint density at radius 1 is 1.35 bits per heavy atom. The van der Waals surface area contributed by atoms with Crippen molar-refractivity contribution in [3.63, 3.8) is 0 Å². The van der Waals surface area contributed by atoms with Crippen LogP contribution < -0.4 is 0 Å². The monoisotopic (exact) mass is 389 g/mol. The lowest BCUT2D eigenvalue weighted by Crippen LogP contribution is -2.23. The van der Waals surface area contributed by atoms with E-state index in [2.05, 4.69) is 10.1 Å². The maximum absolute atomic E-state index is 12.6. The molecular weight excluding hydrogens is 375 g/mol. The van der Waals surface area contributed by atoms with E-state index in [0.29, 0.717) is 23.6 Å². The van der Waals surface area contributed by atoms with Crippen molar-refractivity contribution in [2.75, 3.05) is 0 Å². The summed E-state index contributed by atoms with van der Waals surface area (Å²) < 4.78 is 67.2. The van der Waals surface area contributed by atoms with Gasteiger partial charge in [-0.3, -0.25) is 0 Å². The van der Waals surface area contributed by atoms with Gasteiger partial charge in [-0.05, 0) is 31.0 Å². The second kappa shape index (κ2) is 6.38. The number of carbonyl (C=O) groups is 1. The molecule has 3 rings (SSSR count). The number of ether oxygens (including phenoxy) is 1. The van der Waals surface area contributed by atoms with Gasteiger partial charge in [-0.15, -0.1) is 0 Å². The molecule has 1 aromatic carbocycles. The van der Waals surface area contributed by atoms with Crippen LogP contribution in [0.4, 0.5) is 13.2 Å². The molecule has 0 spiro atoms. The maximum atomic E-state index is 12.6. The van der Waals surface area contributed by atoms with Crippen molar-refractivity contribution >= 4 is 15.8 Å². The van der Waals surface area contributed by atoms with Gasteiger partial charge in [-0.1, -0.05) is 6.07 Å². The number of aryl methyl sites for hydroxylation is 1. The molecule has 1 heterocycles. The second-order valence-corrected chi connectivity index (χ2v) is 7.78. The molecule has 0 amide bonds. The van der Waals surface area contributed by atoms with Gasteiger partial charge in [-0.25, -0.2) is 22.9 Å². The van der Waals surface area contributed by atoms with Crippen LogP contribution in [0.15, 0.2) is 29.2 Å². The third-order valence-electron chi connectivity index (χ3n) is 3.83. The summed E-state index contributed by atoms with van der Waals surface area (Å²) in [5, 5.41) is 4.21. The lowest BCUT2D eigenvalue weighted by molar-refractivity contribution is -0.0436. The SMILES string of the molecule is Cn1nc(C2CC2)nc1COC(=O)c1cccc(S(=O)(=O)C(F)(F)F)c1. The van der Waals surface area contributed by atoms with Crippen molar-refractivity contribution in [2.24, 2.45) is 7.05 Å². The van der Waals surface area contributed by atoms with Gasteiger partial charge in [0.15, 0.2) is 18.3 Å². The number of alkyl halides is 3. The Balaban J connectivity index is 1.73. The highest BCUT2D eigenvalue weighted by Gasteiger charge is 2.47. The van der Waals surface area contributed by atoms with Crippen molar-refractivity contribution in [1.82, 2.24) is 14.8 Å². The first-order valence-corrected chi connectivity index (χ1v) is 9.06. The molecular formula is C15H14F3N3O4S. The van der Waals surface area contributed by atoms with Crippen molar-refractivity contribution in [3.05, 3.63) is 41.5 Å². The summed E-state index contributed by atoms with van der Waals surface area (Å²) in [6.45, 7) is -0.231. The topological polar surface area (TPSA) is 91.2 Å². The number of hydrogen-bond donors (Lipinski definition) is 0. The molecule has 1 aliphatic carbocycles. The van der Waals surface area contributed by atoms with Crippen LogP contribution in [0, 0.1) is 0 Å². The minimum atomic E-state index is -5.54. The highest BCUT2D eigenvalue weighted by molar-refractivity contribution is 7.92. The Kier molecular flexibility index (Phi) is 4.51. The molecule has 0 N–H and O–H groups in total. The predicted octanol–water partition coefficient (Wildman–Crippen LogP) is 2.34. The summed E-state index contributed by atoms with van der Waals surface area (Å²) in [6.07, 6.45) is 2.01. The summed E-state index contributed by atoms with van der Waals surface area (Å²) in [5.74, 6) is 0.409. The summed E-state index contributed by atoms with van der Waals surface area (Å²) in [6, 6.07) is 3.62. The van der Waals surface area contributed by atoms with Gasteiger partial charge < -0.3 is 4.74 Å². The first-order chi connectivity index (χ1) is 12.1. The second-order valence-electron chi connectivity index (χ2n) is 5.84. The average Bonchev–Trinajstić information content (AvgIpc) is 3.35. The number of sulfone groups is 1. The van der Waals surface area contributed by atoms with Crippen LogP contribution in [0.5, 0.6) is 0 Å².